The van der Waals surface area contributed by atoms with Crippen LogP contribution in [-0.4, -0.2) is 22.4 Å². The van der Waals surface area contributed by atoms with Gasteiger partial charge < -0.3 is 10.6 Å². The first kappa shape index (κ1) is 19.1. The molecule has 2 N–H and O–H groups in total. The fourth-order valence-electron chi connectivity index (χ4n) is 2.78. The molecule has 0 unspecified atom stereocenters. The Morgan fingerprint density at radius 3 is 2.61 bits per heavy atom. The zero-order valence-corrected chi connectivity index (χ0v) is 15.6. The Balaban J connectivity index is 1.62. The van der Waals surface area contributed by atoms with Crippen molar-refractivity contribution in [2.24, 2.45) is 0 Å². The van der Waals surface area contributed by atoms with E-state index in [2.05, 4.69) is 38.8 Å². The van der Waals surface area contributed by atoms with E-state index in [0.29, 0.717) is 29.2 Å². The summed E-state index contributed by atoms with van der Waals surface area (Å²) in [7, 11) is 0. The van der Waals surface area contributed by atoms with Gasteiger partial charge in [-0.1, -0.05) is 42.5 Å². The van der Waals surface area contributed by atoms with Gasteiger partial charge in [-0.2, -0.15) is 5.26 Å². The largest absolute Gasteiger partial charge is 0.351 e. The first-order valence-electron chi connectivity index (χ1n) is 9.09. The van der Waals surface area contributed by atoms with Crippen LogP contribution in [0.2, 0.25) is 0 Å². The van der Waals surface area contributed by atoms with E-state index in [1.54, 1.807) is 31.2 Å². The second-order valence-corrected chi connectivity index (χ2v) is 6.35. The van der Waals surface area contributed by atoms with E-state index in [9.17, 15) is 10.1 Å². The molecule has 140 valence electrons. The molecule has 0 saturated carbocycles. The Morgan fingerprint density at radius 1 is 1.07 bits per heavy atom. The molecule has 0 spiro atoms. The Labute approximate surface area is 164 Å². The summed E-state index contributed by atoms with van der Waals surface area (Å²) in [5.74, 6) is 0.0484. The number of amides is 1. The van der Waals surface area contributed by atoms with Gasteiger partial charge in [0.25, 0.3) is 5.91 Å². The van der Waals surface area contributed by atoms with Crippen LogP contribution in [0.5, 0.6) is 0 Å². The van der Waals surface area contributed by atoms with Gasteiger partial charge in [-0.05, 0) is 43.5 Å². The lowest BCUT2D eigenvalue weighted by atomic mass is 10.1. The number of carbonyl (C=O) groups excluding carboxylic acids is 1. The van der Waals surface area contributed by atoms with Gasteiger partial charge in [-0.15, -0.1) is 0 Å². The third kappa shape index (κ3) is 5.15. The summed E-state index contributed by atoms with van der Waals surface area (Å²) < 4.78 is 0. The molecule has 0 bridgehead atoms. The van der Waals surface area contributed by atoms with E-state index < -0.39 is 0 Å². The normalized spacial score (nSPS) is 10.1. The molecular weight excluding hydrogens is 350 g/mol. The number of nitriles is 1. The lowest BCUT2D eigenvalue weighted by molar-refractivity contribution is 0.0948. The number of aromatic nitrogens is 2. The molecule has 1 aromatic heterocycles. The lowest BCUT2D eigenvalue weighted by Gasteiger charge is -2.10. The summed E-state index contributed by atoms with van der Waals surface area (Å²) in [5.41, 5.74) is 3.30. The molecule has 0 aliphatic heterocycles. The predicted molar refractivity (Wildman–Crippen MR) is 108 cm³/mol. The van der Waals surface area contributed by atoms with Crippen molar-refractivity contribution >= 4 is 17.5 Å². The number of nitrogens with zero attached hydrogens (tertiary/aromatic N) is 3. The fraction of sp³-hybridized carbons (Fsp3) is 0.182. The number of anilines is 2. The van der Waals surface area contributed by atoms with Gasteiger partial charge in [0.05, 0.1) is 11.3 Å². The standard InChI is InChI=1S/C22H21N5O/c1-16-14-20(21(28)24-13-7-10-17-8-3-2-4-9-17)27-22(25-16)26-19-12-6-5-11-18(19)15-23/h2-6,8-9,11-12,14H,7,10,13H2,1H3,(H,24,28)(H,25,26,27). The molecule has 3 rings (SSSR count). The van der Waals surface area contributed by atoms with E-state index in [0.717, 1.165) is 12.8 Å². The number of rotatable bonds is 7. The molecule has 1 heterocycles. The van der Waals surface area contributed by atoms with Gasteiger partial charge in [0.15, 0.2) is 0 Å². The van der Waals surface area contributed by atoms with Crippen LogP contribution in [0.3, 0.4) is 0 Å². The fourth-order valence-corrected chi connectivity index (χ4v) is 2.78. The first-order chi connectivity index (χ1) is 13.7. The highest BCUT2D eigenvalue weighted by Gasteiger charge is 2.11. The highest BCUT2D eigenvalue weighted by Crippen LogP contribution is 2.18. The summed E-state index contributed by atoms with van der Waals surface area (Å²) in [6.45, 7) is 2.37. The zero-order valence-electron chi connectivity index (χ0n) is 15.6. The van der Waals surface area contributed by atoms with Crippen LogP contribution in [0.25, 0.3) is 0 Å². The van der Waals surface area contributed by atoms with Gasteiger partial charge in [-0.25, -0.2) is 9.97 Å². The van der Waals surface area contributed by atoms with E-state index in [4.69, 9.17) is 0 Å². The highest BCUT2D eigenvalue weighted by molar-refractivity contribution is 5.92. The highest BCUT2D eigenvalue weighted by atomic mass is 16.1. The van der Waals surface area contributed by atoms with E-state index in [1.165, 1.54) is 5.56 Å². The van der Waals surface area contributed by atoms with E-state index in [-0.39, 0.29) is 11.9 Å². The smallest absolute Gasteiger partial charge is 0.270 e. The molecule has 2 aromatic carbocycles. The van der Waals surface area contributed by atoms with Crippen molar-refractivity contribution in [2.75, 3.05) is 11.9 Å². The quantitative estimate of drug-likeness (QED) is 0.617. The Hall–Kier alpha value is -3.72. The molecule has 6 nitrogen and oxygen atoms in total. The molecule has 0 fully saturated rings. The Morgan fingerprint density at radius 2 is 1.82 bits per heavy atom. The topological polar surface area (TPSA) is 90.7 Å². The summed E-state index contributed by atoms with van der Waals surface area (Å²) in [4.78, 5) is 21.1. The first-order valence-corrected chi connectivity index (χ1v) is 9.09. The molecule has 1 amide bonds. The molecule has 0 saturated heterocycles. The van der Waals surface area contributed by atoms with Crippen LogP contribution in [0.15, 0.2) is 60.7 Å². The maximum absolute atomic E-state index is 12.5. The van der Waals surface area contributed by atoms with Crippen LogP contribution in [0.4, 0.5) is 11.6 Å². The van der Waals surface area contributed by atoms with Crippen LogP contribution in [0, 0.1) is 18.3 Å². The predicted octanol–water partition coefficient (Wildman–Crippen LogP) is 3.76. The monoisotopic (exact) mass is 371 g/mol. The summed E-state index contributed by atoms with van der Waals surface area (Å²) in [6.07, 6.45) is 1.75. The molecule has 0 atom stereocenters. The summed E-state index contributed by atoms with van der Waals surface area (Å²) in [6, 6.07) is 21.0. The van der Waals surface area contributed by atoms with Gasteiger partial charge in [0.2, 0.25) is 5.95 Å². The number of para-hydroxylation sites is 1. The number of carbonyl (C=O) groups is 1. The molecule has 0 radical (unpaired) electrons. The molecular formula is C22H21N5O. The van der Waals surface area contributed by atoms with Crippen LogP contribution >= 0.6 is 0 Å². The minimum atomic E-state index is -0.241. The Kier molecular flexibility index (Phi) is 6.32. The number of nitrogens with one attached hydrogen (secondary N) is 2. The number of hydrogen-bond donors (Lipinski definition) is 2. The third-order valence-electron chi connectivity index (χ3n) is 4.15. The van der Waals surface area contributed by atoms with Gasteiger partial charge in [0.1, 0.15) is 11.8 Å². The number of benzene rings is 2. The molecule has 6 heteroatoms. The average Bonchev–Trinajstić information content (AvgIpc) is 2.72. The maximum Gasteiger partial charge on any atom is 0.270 e. The zero-order chi connectivity index (χ0) is 19.8. The molecule has 0 aliphatic rings. The maximum atomic E-state index is 12.5. The minimum Gasteiger partial charge on any atom is -0.351 e. The molecule has 28 heavy (non-hydrogen) atoms. The average molecular weight is 371 g/mol. The molecule has 0 aliphatic carbocycles. The van der Waals surface area contributed by atoms with E-state index >= 15 is 0 Å². The van der Waals surface area contributed by atoms with Crippen molar-refractivity contribution in [3.05, 3.63) is 83.2 Å². The van der Waals surface area contributed by atoms with Crippen LogP contribution < -0.4 is 10.6 Å². The van der Waals surface area contributed by atoms with Crippen LogP contribution in [0.1, 0.15) is 33.7 Å². The third-order valence-corrected chi connectivity index (χ3v) is 4.15. The summed E-state index contributed by atoms with van der Waals surface area (Å²) >= 11 is 0. The van der Waals surface area contributed by atoms with Crippen LogP contribution in [-0.2, 0) is 6.42 Å². The van der Waals surface area contributed by atoms with Crippen molar-refractivity contribution in [2.45, 2.75) is 19.8 Å². The minimum absolute atomic E-state index is 0.241. The Bertz CT molecular complexity index is 995. The molecule has 3 aromatic rings. The summed E-state index contributed by atoms with van der Waals surface area (Å²) in [5, 5.41) is 15.1. The van der Waals surface area contributed by atoms with Crippen molar-refractivity contribution in [3.8, 4) is 6.07 Å². The second kappa shape index (κ2) is 9.28. The van der Waals surface area contributed by atoms with Gasteiger partial charge in [-0.3, -0.25) is 4.79 Å². The van der Waals surface area contributed by atoms with Crippen molar-refractivity contribution < 1.29 is 4.79 Å². The van der Waals surface area contributed by atoms with Gasteiger partial charge >= 0.3 is 0 Å². The van der Waals surface area contributed by atoms with E-state index in [1.807, 2.05) is 24.3 Å². The van der Waals surface area contributed by atoms with Crippen molar-refractivity contribution in [1.82, 2.24) is 15.3 Å². The SMILES string of the molecule is Cc1cc(C(=O)NCCCc2ccccc2)nc(Nc2ccccc2C#N)n1. The lowest BCUT2D eigenvalue weighted by Crippen LogP contribution is -2.26. The van der Waals surface area contributed by atoms with Crippen molar-refractivity contribution in [3.63, 3.8) is 0 Å². The van der Waals surface area contributed by atoms with Crippen molar-refractivity contribution in [1.29, 1.82) is 5.26 Å². The van der Waals surface area contributed by atoms with Gasteiger partial charge in [0, 0.05) is 12.2 Å². The second-order valence-electron chi connectivity index (χ2n) is 6.35. The number of aryl methyl sites for hydroxylation is 2. The number of hydrogen-bond acceptors (Lipinski definition) is 5.